The Morgan fingerprint density at radius 3 is 2.45 bits per heavy atom. The second kappa shape index (κ2) is 8.34. The summed E-state index contributed by atoms with van der Waals surface area (Å²) in [6.45, 7) is 5.66. The van der Waals surface area contributed by atoms with Crippen molar-refractivity contribution in [3.8, 4) is 17.3 Å². The molecule has 1 aromatic carbocycles. The van der Waals surface area contributed by atoms with Crippen molar-refractivity contribution < 1.29 is 14.3 Å². The first-order chi connectivity index (χ1) is 15.0. The molecule has 164 valence electrons. The average Bonchev–Trinajstić information content (AvgIpc) is 3.49. The Bertz CT molecular complexity index is 933. The van der Waals surface area contributed by atoms with Gasteiger partial charge in [-0.05, 0) is 63.8 Å². The largest absolute Gasteiger partial charge is 0.475 e. The van der Waals surface area contributed by atoms with Crippen LogP contribution < -0.4 is 20.3 Å². The van der Waals surface area contributed by atoms with Crippen molar-refractivity contribution in [1.82, 2.24) is 15.3 Å². The summed E-state index contributed by atoms with van der Waals surface area (Å²) in [4.78, 5) is 23.7. The minimum atomic E-state index is -0.164. The van der Waals surface area contributed by atoms with Crippen LogP contribution in [0.5, 0.6) is 5.88 Å². The number of fused-ring (bicyclic) bond motifs is 2. The second-order valence-corrected chi connectivity index (χ2v) is 8.87. The van der Waals surface area contributed by atoms with Crippen LogP contribution in [0.25, 0.3) is 11.4 Å². The first-order valence-corrected chi connectivity index (χ1v) is 11.2. The highest BCUT2D eigenvalue weighted by Gasteiger charge is 2.34. The number of nitrogens with one attached hydrogen (secondary N) is 2. The number of hydrogen-bond acceptors (Lipinski definition) is 6. The van der Waals surface area contributed by atoms with E-state index in [0.717, 1.165) is 55.8 Å². The molecule has 3 fully saturated rings. The van der Waals surface area contributed by atoms with E-state index in [0.29, 0.717) is 17.7 Å². The minimum absolute atomic E-state index is 0.0213. The van der Waals surface area contributed by atoms with Crippen LogP contribution in [0.1, 0.15) is 39.5 Å². The van der Waals surface area contributed by atoms with Crippen molar-refractivity contribution in [1.29, 1.82) is 0 Å². The highest BCUT2D eigenvalue weighted by molar-refractivity contribution is 5.89. The molecule has 2 N–H and O–H groups in total. The molecule has 2 atom stereocenters. The highest BCUT2D eigenvalue weighted by atomic mass is 16.5. The molecule has 31 heavy (non-hydrogen) atoms. The number of carbonyl (C=O) groups is 1. The molecule has 0 spiro atoms. The van der Waals surface area contributed by atoms with E-state index >= 15 is 0 Å². The summed E-state index contributed by atoms with van der Waals surface area (Å²) in [6, 6.07) is 9.67. The maximum atomic E-state index is 12.0. The number of morpholine rings is 1. The fourth-order valence-electron chi connectivity index (χ4n) is 4.09. The molecule has 0 radical (unpaired) electrons. The molecule has 2 unspecified atom stereocenters. The van der Waals surface area contributed by atoms with E-state index in [-0.39, 0.29) is 24.3 Å². The summed E-state index contributed by atoms with van der Waals surface area (Å²) in [5, 5.41) is 5.79. The zero-order chi connectivity index (χ0) is 21.4. The first-order valence-electron chi connectivity index (χ1n) is 11.2. The number of rotatable bonds is 6. The van der Waals surface area contributed by atoms with E-state index in [1.54, 1.807) is 0 Å². The maximum absolute atomic E-state index is 12.0. The van der Waals surface area contributed by atoms with Crippen LogP contribution >= 0.6 is 0 Å². The molecular weight excluding hydrogens is 394 g/mol. The molecule has 1 saturated carbocycles. The Labute approximate surface area is 182 Å². The van der Waals surface area contributed by atoms with Crippen LogP contribution in [0.4, 0.5) is 16.3 Å². The summed E-state index contributed by atoms with van der Waals surface area (Å²) >= 11 is 0. The number of anilines is 2. The number of hydrogen-bond donors (Lipinski definition) is 2. The fraction of sp³-hybridized carbons (Fsp3) is 0.522. The van der Waals surface area contributed by atoms with Crippen molar-refractivity contribution in [3.05, 3.63) is 30.3 Å². The molecule has 2 aliphatic heterocycles. The van der Waals surface area contributed by atoms with Crippen LogP contribution in [-0.4, -0.2) is 53.4 Å². The van der Waals surface area contributed by atoms with Gasteiger partial charge < -0.3 is 25.0 Å². The van der Waals surface area contributed by atoms with E-state index in [4.69, 9.17) is 14.5 Å². The van der Waals surface area contributed by atoms with Gasteiger partial charge in [-0.3, -0.25) is 0 Å². The number of nitrogens with zero attached hydrogens (tertiary/aromatic N) is 3. The molecule has 3 aliphatic rings. The number of ether oxygens (including phenoxy) is 2. The molecule has 8 heteroatoms. The van der Waals surface area contributed by atoms with Crippen LogP contribution in [0.2, 0.25) is 0 Å². The van der Waals surface area contributed by atoms with Crippen LogP contribution in [0, 0.1) is 0 Å². The Morgan fingerprint density at radius 2 is 1.81 bits per heavy atom. The summed E-state index contributed by atoms with van der Waals surface area (Å²) in [7, 11) is 0. The molecule has 1 aliphatic carbocycles. The van der Waals surface area contributed by atoms with Gasteiger partial charge in [-0.1, -0.05) is 0 Å². The molecule has 3 heterocycles. The number of aromatic nitrogens is 2. The number of amides is 2. The molecule has 5 rings (SSSR count). The third kappa shape index (κ3) is 4.90. The Kier molecular flexibility index (Phi) is 5.40. The fourth-order valence-corrected chi connectivity index (χ4v) is 4.09. The lowest BCUT2D eigenvalue weighted by Crippen LogP contribution is -2.43. The van der Waals surface area contributed by atoms with Gasteiger partial charge in [0, 0.05) is 36.4 Å². The van der Waals surface area contributed by atoms with Gasteiger partial charge in [0.1, 0.15) is 5.82 Å². The van der Waals surface area contributed by atoms with Gasteiger partial charge in [-0.2, -0.15) is 4.98 Å². The van der Waals surface area contributed by atoms with Gasteiger partial charge in [-0.25, -0.2) is 9.78 Å². The lowest BCUT2D eigenvalue weighted by atomic mass is 10.2. The Balaban J connectivity index is 1.37. The normalized spacial score (nSPS) is 22.5. The van der Waals surface area contributed by atoms with Gasteiger partial charge in [-0.15, -0.1) is 0 Å². The molecule has 2 aromatic rings. The Morgan fingerprint density at radius 1 is 1.10 bits per heavy atom. The SMILES string of the molecule is CC(C)Oc1cc(N2CC3CCC(C2)O3)nc(-c2ccc(NC(=O)NC3CC3)cc2)n1. The van der Waals surface area contributed by atoms with Crippen molar-refractivity contribution in [2.75, 3.05) is 23.3 Å². The second-order valence-electron chi connectivity index (χ2n) is 8.87. The highest BCUT2D eigenvalue weighted by Crippen LogP contribution is 2.31. The summed E-state index contributed by atoms with van der Waals surface area (Å²) < 4.78 is 11.9. The quantitative estimate of drug-likeness (QED) is 0.738. The molecular formula is C23H29N5O3. The predicted octanol–water partition coefficient (Wildman–Crippen LogP) is 3.58. The van der Waals surface area contributed by atoms with E-state index in [1.165, 1.54) is 0 Å². The lowest BCUT2D eigenvalue weighted by molar-refractivity contribution is 0.0302. The topological polar surface area (TPSA) is 88.6 Å². The molecule has 2 bridgehead atoms. The molecule has 2 amide bonds. The molecule has 8 nitrogen and oxygen atoms in total. The number of carbonyl (C=O) groups excluding carboxylic acids is 1. The molecule has 1 aromatic heterocycles. The monoisotopic (exact) mass is 423 g/mol. The van der Waals surface area contributed by atoms with Crippen LogP contribution in [-0.2, 0) is 4.74 Å². The van der Waals surface area contributed by atoms with Gasteiger partial charge >= 0.3 is 6.03 Å². The average molecular weight is 424 g/mol. The lowest BCUT2D eigenvalue weighted by Gasteiger charge is -2.33. The van der Waals surface area contributed by atoms with Crippen molar-refractivity contribution in [2.24, 2.45) is 0 Å². The predicted molar refractivity (Wildman–Crippen MR) is 119 cm³/mol. The zero-order valence-corrected chi connectivity index (χ0v) is 18.0. The number of urea groups is 1. The van der Waals surface area contributed by atoms with Crippen LogP contribution in [0.15, 0.2) is 30.3 Å². The Hall–Kier alpha value is -2.87. The van der Waals surface area contributed by atoms with Crippen molar-refractivity contribution in [2.45, 2.75) is 63.9 Å². The summed E-state index contributed by atoms with van der Waals surface area (Å²) in [6.07, 6.45) is 4.91. The third-order valence-corrected chi connectivity index (χ3v) is 5.73. The molecule has 2 saturated heterocycles. The van der Waals surface area contributed by atoms with E-state index in [9.17, 15) is 4.79 Å². The third-order valence-electron chi connectivity index (χ3n) is 5.73. The maximum Gasteiger partial charge on any atom is 0.319 e. The van der Waals surface area contributed by atoms with E-state index < -0.39 is 0 Å². The van der Waals surface area contributed by atoms with Gasteiger partial charge in [0.25, 0.3) is 0 Å². The van der Waals surface area contributed by atoms with Gasteiger partial charge in [0.05, 0.1) is 18.3 Å². The van der Waals surface area contributed by atoms with E-state index in [1.807, 2.05) is 44.2 Å². The van der Waals surface area contributed by atoms with Gasteiger partial charge in [0.2, 0.25) is 5.88 Å². The smallest absolute Gasteiger partial charge is 0.319 e. The zero-order valence-electron chi connectivity index (χ0n) is 18.0. The summed E-state index contributed by atoms with van der Waals surface area (Å²) in [5.41, 5.74) is 1.61. The van der Waals surface area contributed by atoms with E-state index in [2.05, 4.69) is 20.5 Å². The van der Waals surface area contributed by atoms with Gasteiger partial charge in [0.15, 0.2) is 5.82 Å². The number of benzene rings is 1. The summed E-state index contributed by atoms with van der Waals surface area (Å²) in [5.74, 6) is 2.05. The minimum Gasteiger partial charge on any atom is -0.475 e. The first kappa shape index (κ1) is 20.1. The standard InChI is InChI=1S/C23H29N5O3/c1-14(2)30-21-11-20(28-12-18-9-10-19(13-28)31-18)26-22(27-21)15-3-5-16(6-4-15)24-23(29)25-17-7-8-17/h3-6,11,14,17-19H,7-10,12-13H2,1-2H3,(H2,24,25,29). The van der Waals surface area contributed by atoms with Crippen molar-refractivity contribution in [3.63, 3.8) is 0 Å². The van der Waals surface area contributed by atoms with Crippen molar-refractivity contribution >= 4 is 17.5 Å². The van der Waals surface area contributed by atoms with Crippen LogP contribution in [0.3, 0.4) is 0 Å².